The van der Waals surface area contributed by atoms with Gasteiger partial charge < -0.3 is 9.84 Å². The molecule has 0 aliphatic carbocycles. The minimum absolute atomic E-state index is 0.443. The summed E-state index contributed by atoms with van der Waals surface area (Å²) in [6.07, 6.45) is 3.38. The van der Waals surface area contributed by atoms with Crippen molar-refractivity contribution >= 4 is 0 Å². The number of unbranched alkanes of at least 4 members (excludes halogenated alkanes) is 1. The molecule has 2 nitrogen and oxygen atoms in total. The molecule has 1 N–H and O–H groups in total. The highest BCUT2D eigenvalue weighted by Gasteiger charge is 2.01. The van der Waals surface area contributed by atoms with Crippen LogP contribution in [-0.2, 0) is 0 Å². The number of aliphatic hydroxyl groups is 1. The van der Waals surface area contributed by atoms with Gasteiger partial charge in [0.15, 0.2) is 0 Å². The summed E-state index contributed by atoms with van der Waals surface area (Å²) >= 11 is 0. The summed E-state index contributed by atoms with van der Waals surface area (Å²) in [5.41, 5.74) is 0.885. The molecule has 0 bridgehead atoms. The van der Waals surface area contributed by atoms with Crippen molar-refractivity contribution in [2.24, 2.45) is 0 Å². The first-order valence-corrected chi connectivity index (χ1v) is 5.25. The molecule has 0 radical (unpaired) electrons. The van der Waals surface area contributed by atoms with Crippen molar-refractivity contribution in [2.75, 3.05) is 6.61 Å². The van der Waals surface area contributed by atoms with Gasteiger partial charge in [-0.1, -0.05) is 18.2 Å². The maximum absolute atomic E-state index is 9.39. The van der Waals surface area contributed by atoms with Gasteiger partial charge in [-0.05, 0) is 37.5 Å². The third-order valence-electron chi connectivity index (χ3n) is 2.16. The molecule has 1 rings (SSSR count). The van der Waals surface area contributed by atoms with Crippen LogP contribution in [0.1, 0.15) is 31.4 Å². The van der Waals surface area contributed by atoms with Crippen LogP contribution >= 0.6 is 0 Å². The average molecular weight is 206 g/mol. The Labute approximate surface area is 91.2 Å². The van der Waals surface area contributed by atoms with E-state index in [1.54, 1.807) is 6.92 Å². The maximum Gasteiger partial charge on any atom is 0.119 e. The molecule has 0 aliphatic rings. The van der Waals surface area contributed by atoms with E-state index in [-0.39, 0.29) is 0 Å². The molecule has 82 valence electrons. The lowest BCUT2D eigenvalue weighted by Gasteiger charge is -2.08. The molecule has 0 amide bonds. The predicted octanol–water partition coefficient (Wildman–Crippen LogP) is 3.08. The zero-order valence-corrected chi connectivity index (χ0v) is 9.15. The Bertz CT molecular complexity index is 305. The van der Waals surface area contributed by atoms with Crippen molar-refractivity contribution in [1.82, 2.24) is 0 Å². The molecule has 1 aromatic rings. The second kappa shape index (κ2) is 6.25. The molecule has 0 saturated heterocycles. The highest BCUT2D eigenvalue weighted by Crippen LogP contribution is 2.18. The Morgan fingerprint density at radius 3 is 3.00 bits per heavy atom. The Hall–Kier alpha value is -1.28. The lowest BCUT2D eigenvalue weighted by atomic mass is 10.1. The van der Waals surface area contributed by atoms with E-state index in [0.29, 0.717) is 6.61 Å². The molecule has 1 unspecified atom stereocenters. The van der Waals surface area contributed by atoms with Crippen molar-refractivity contribution < 1.29 is 9.84 Å². The fraction of sp³-hybridized carbons (Fsp3) is 0.385. The molecule has 15 heavy (non-hydrogen) atoms. The Kier molecular flexibility index (Phi) is 4.91. The van der Waals surface area contributed by atoms with Gasteiger partial charge in [-0.2, -0.15) is 0 Å². The standard InChI is InChI=1S/C13H18O2/c1-3-4-5-9-15-13-8-6-7-12(10-13)11(2)14/h3,6-8,10-11,14H,1,4-5,9H2,2H3. The van der Waals surface area contributed by atoms with Crippen LogP contribution in [0.25, 0.3) is 0 Å². The van der Waals surface area contributed by atoms with E-state index < -0.39 is 6.10 Å². The molecule has 1 aromatic carbocycles. The van der Waals surface area contributed by atoms with Crippen LogP contribution in [0, 0.1) is 0 Å². The van der Waals surface area contributed by atoms with Crippen LogP contribution in [-0.4, -0.2) is 11.7 Å². The maximum atomic E-state index is 9.39. The van der Waals surface area contributed by atoms with E-state index in [9.17, 15) is 5.11 Å². The number of rotatable bonds is 6. The summed E-state index contributed by atoms with van der Waals surface area (Å²) in [6.45, 7) is 6.09. The van der Waals surface area contributed by atoms with Crippen LogP contribution < -0.4 is 4.74 Å². The van der Waals surface area contributed by atoms with Crippen molar-refractivity contribution in [1.29, 1.82) is 0 Å². The zero-order valence-electron chi connectivity index (χ0n) is 9.15. The molecule has 0 aromatic heterocycles. The van der Waals surface area contributed by atoms with E-state index in [2.05, 4.69) is 6.58 Å². The first-order chi connectivity index (χ1) is 7.24. The Balaban J connectivity index is 2.46. The Morgan fingerprint density at radius 2 is 2.33 bits per heavy atom. The summed E-state index contributed by atoms with van der Waals surface area (Å²) < 4.78 is 5.54. The van der Waals surface area contributed by atoms with Crippen LogP contribution in [0.2, 0.25) is 0 Å². The quantitative estimate of drug-likeness (QED) is 0.572. The van der Waals surface area contributed by atoms with Crippen LogP contribution in [0.3, 0.4) is 0 Å². The van der Waals surface area contributed by atoms with Gasteiger partial charge in [0, 0.05) is 0 Å². The fourth-order valence-corrected chi connectivity index (χ4v) is 1.28. The SMILES string of the molecule is C=CCCCOc1cccc(C(C)O)c1. The largest absolute Gasteiger partial charge is 0.494 e. The lowest BCUT2D eigenvalue weighted by Crippen LogP contribution is -1.98. The summed E-state index contributed by atoms with van der Waals surface area (Å²) in [5, 5.41) is 9.39. The molecule has 0 aliphatic heterocycles. The molecular weight excluding hydrogens is 188 g/mol. The normalized spacial score (nSPS) is 12.1. The zero-order chi connectivity index (χ0) is 11.1. The van der Waals surface area contributed by atoms with E-state index in [4.69, 9.17) is 4.74 Å². The summed E-state index contributed by atoms with van der Waals surface area (Å²) in [7, 11) is 0. The minimum atomic E-state index is -0.443. The molecular formula is C13H18O2. The molecule has 0 spiro atoms. The number of aliphatic hydroxyl groups excluding tert-OH is 1. The first-order valence-electron chi connectivity index (χ1n) is 5.25. The van der Waals surface area contributed by atoms with Crippen LogP contribution in [0.5, 0.6) is 5.75 Å². The van der Waals surface area contributed by atoms with E-state index in [0.717, 1.165) is 24.2 Å². The summed E-state index contributed by atoms with van der Waals surface area (Å²) in [6, 6.07) is 7.56. The lowest BCUT2D eigenvalue weighted by molar-refractivity contribution is 0.198. The third kappa shape index (κ3) is 4.17. The second-order valence-corrected chi connectivity index (χ2v) is 3.53. The predicted molar refractivity (Wildman–Crippen MR) is 62.0 cm³/mol. The minimum Gasteiger partial charge on any atom is -0.494 e. The van der Waals surface area contributed by atoms with Gasteiger partial charge in [-0.25, -0.2) is 0 Å². The average Bonchev–Trinajstić information content (AvgIpc) is 2.25. The molecule has 0 heterocycles. The number of benzene rings is 1. The van der Waals surface area contributed by atoms with Crippen molar-refractivity contribution in [2.45, 2.75) is 25.9 Å². The number of hydrogen-bond acceptors (Lipinski definition) is 2. The van der Waals surface area contributed by atoms with E-state index in [1.165, 1.54) is 0 Å². The van der Waals surface area contributed by atoms with Gasteiger partial charge in [0.25, 0.3) is 0 Å². The summed E-state index contributed by atoms with van der Waals surface area (Å²) in [5.74, 6) is 0.817. The summed E-state index contributed by atoms with van der Waals surface area (Å²) in [4.78, 5) is 0. The van der Waals surface area contributed by atoms with Crippen molar-refractivity contribution in [3.05, 3.63) is 42.5 Å². The number of hydrogen-bond donors (Lipinski definition) is 1. The smallest absolute Gasteiger partial charge is 0.119 e. The van der Waals surface area contributed by atoms with Gasteiger partial charge >= 0.3 is 0 Å². The van der Waals surface area contributed by atoms with Crippen molar-refractivity contribution in [3.63, 3.8) is 0 Å². The first kappa shape index (κ1) is 11.8. The highest BCUT2D eigenvalue weighted by atomic mass is 16.5. The van der Waals surface area contributed by atoms with Gasteiger partial charge in [-0.15, -0.1) is 6.58 Å². The van der Waals surface area contributed by atoms with Crippen molar-refractivity contribution in [3.8, 4) is 5.75 Å². The van der Waals surface area contributed by atoms with Gasteiger partial charge in [0.05, 0.1) is 12.7 Å². The second-order valence-electron chi connectivity index (χ2n) is 3.53. The molecule has 2 heteroatoms. The third-order valence-corrected chi connectivity index (χ3v) is 2.16. The van der Waals surface area contributed by atoms with Gasteiger partial charge in [0.2, 0.25) is 0 Å². The topological polar surface area (TPSA) is 29.5 Å². The fourth-order valence-electron chi connectivity index (χ4n) is 1.28. The van der Waals surface area contributed by atoms with E-state index in [1.807, 2.05) is 30.3 Å². The van der Waals surface area contributed by atoms with E-state index >= 15 is 0 Å². The van der Waals surface area contributed by atoms with Gasteiger partial charge in [-0.3, -0.25) is 0 Å². The van der Waals surface area contributed by atoms with Crippen LogP contribution in [0.4, 0.5) is 0 Å². The van der Waals surface area contributed by atoms with Crippen LogP contribution in [0.15, 0.2) is 36.9 Å². The molecule has 0 fully saturated rings. The Morgan fingerprint density at radius 1 is 1.53 bits per heavy atom. The number of ether oxygens (including phenoxy) is 1. The highest BCUT2D eigenvalue weighted by molar-refractivity contribution is 5.29. The molecule has 1 atom stereocenters. The van der Waals surface area contributed by atoms with Gasteiger partial charge in [0.1, 0.15) is 5.75 Å². The monoisotopic (exact) mass is 206 g/mol. The number of allylic oxidation sites excluding steroid dienone is 1. The molecule has 0 saturated carbocycles.